The van der Waals surface area contributed by atoms with Gasteiger partial charge in [-0.05, 0) is 56.2 Å². The lowest BCUT2D eigenvalue weighted by Gasteiger charge is -2.37. The zero-order valence-electron chi connectivity index (χ0n) is 21.1. The molecule has 1 aromatic carbocycles. The molecule has 2 N–H and O–H groups in total. The number of nitrogens with one attached hydrogen (secondary N) is 1. The SMILES string of the molecule is COC(=O)[C@H](NS(=O)(=O)c1ccc(OC)cc1)C(C)(C)SC[C@@H](O)CO[Si](C)(C)C(C)(C)C. The first-order chi connectivity index (χ1) is 15.0. The van der Waals surface area contributed by atoms with Crippen molar-refractivity contribution in [1.29, 1.82) is 0 Å². The first kappa shape index (κ1) is 29.9. The van der Waals surface area contributed by atoms with Gasteiger partial charge in [0.15, 0.2) is 8.32 Å². The molecule has 0 aliphatic rings. The van der Waals surface area contributed by atoms with Crippen molar-refractivity contribution in [3.8, 4) is 5.75 Å². The Morgan fingerprint density at radius 2 is 1.67 bits per heavy atom. The molecule has 0 fully saturated rings. The van der Waals surface area contributed by atoms with E-state index in [1.807, 2.05) is 0 Å². The molecule has 1 rings (SSSR count). The number of carbonyl (C=O) groups excluding carboxylic acids is 1. The maximum atomic E-state index is 12.9. The second-order valence-corrected chi connectivity index (χ2v) is 18.1. The number of aliphatic hydroxyl groups is 1. The molecular weight excluding hydrogens is 482 g/mol. The number of rotatable bonds is 12. The van der Waals surface area contributed by atoms with Crippen molar-refractivity contribution < 1.29 is 32.2 Å². The highest BCUT2D eigenvalue weighted by atomic mass is 32.2. The third-order valence-corrected chi connectivity index (χ3v) is 13.3. The third kappa shape index (κ3) is 8.56. The van der Waals surface area contributed by atoms with E-state index in [0.29, 0.717) is 5.75 Å². The predicted octanol–water partition coefficient (Wildman–Crippen LogP) is 3.41. The summed E-state index contributed by atoms with van der Waals surface area (Å²) in [5, 5.41) is 10.5. The van der Waals surface area contributed by atoms with Crippen LogP contribution < -0.4 is 9.46 Å². The molecule has 0 saturated carbocycles. The summed E-state index contributed by atoms with van der Waals surface area (Å²) in [7, 11) is -3.32. The normalized spacial score (nSPS) is 15.1. The topological polar surface area (TPSA) is 111 Å². The van der Waals surface area contributed by atoms with Crippen LogP contribution in [0.3, 0.4) is 0 Å². The fraction of sp³-hybridized carbons (Fsp3) is 0.682. The van der Waals surface area contributed by atoms with E-state index in [0.717, 1.165) is 0 Å². The summed E-state index contributed by atoms with van der Waals surface area (Å²) in [5.74, 6) is 0.0687. The molecule has 33 heavy (non-hydrogen) atoms. The number of sulfonamides is 1. The van der Waals surface area contributed by atoms with Gasteiger partial charge in [0.25, 0.3) is 0 Å². The number of hydrogen-bond donors (Lipinski definition) is 2. The Morgan fingerprint density at radius 3 is 2.12 bits per heavy atom. The van der Waals surface area contributed by atoms with E-state index in [-0.39, 0.29) is 22.3 Å². The number of esters is 1. The van der Waals surface area contributed by atoms with Crippen molar-refractivity contribution in [3.63, 3.8) is 0 Å². The second-order valence-electron chi connectivity index (χ2n) is 9.89. The van der Waals surface area contributed by atoms with Crippen LogP contribution >= 0.6 is 11.8 Å². The van der Waals surface area contributed by atoms with Crippen molar-refractivity contribution in [3.05, 3.63) is 24.3 Å². The van der Waals surface area contributed by atoms with Crippen molar-refractivity contribution >= 4 is 36.1 Å². The molecule has 0 bridgehead atoms. The smallest absolute Gasteiger partial charge is 0.325 e. The van der Waals surface area contributed by atoms with Gasteiger partial charge in [-0.1, -0.05) is 20.8 Å². The maximum absolute atomic E-state index is 12.9. The average molecular weight is 522 g/mol. The van der Waals surface area contributed by atoms with Crippen LogP contribution in [-0.2, 0) is 24.0 Å². The van der Waals surface area contributed by atoms with Crippen molar-refractivity contribution in [2.45, 2.75) is 74.5 Å². The fourth-order valence-corrected chi connectivity index (χ4v) is 6.02. The van der Waals surface area contributed by atoms with Crippen molar-refractivity contribution in [2.75, 3.05) is 26.6 Å². The molecule has 0 spiro atoms. The van der Waals surface area contributed by atoms with Gasteiger partial charge >= 0.3 is 5.97 Å². The highest BCUT2D eigenvalue weighted by molar-refractivity contribution is 8.00. The van der Waals surface area contributed by atoms with Crippen LogP contribution in [0.1, 0.15) is 34.6 Å². The highest BCUT2D eigenvalue weighted by Crippen LogP contribution is 2.37. The Bertz CT molecular complexity index is 881. The van der Waals surface area contributed by atoms with Crippen LogP contribution in [0.15, 0.2) is 29.2 Å². The van der Waals surface area contributed by atoms with E-state index in [9.17, 15) is 18.3 Å². The van der Waals surface area contributed by atoms with Crippen LogP contribution in [0.5, 0.6) is 5.75 Å². The lowest BCUT2D eigenvalue weighted by atomic mass is 10.0. The minimum absolute atomic E-state index is 0.000748. The quantitative estimate of drug-likeness (QED) is 0.318. The van der Waals surface area contributed by atoms with E-state index in [2.05, 4.69) is 38.6 Å². The molecule has 0 unspecified atom stereocenters. The molecule has 0 aliphatic carbocycles. The molecule has 0 heterocycles. The summed E-state index contributed by atoms with van der Waals surface area (Å²) in [6, 6.07) is 4.68. The van der Waals surface area contributed by atoms with Crippen LogP contribution in [0, 0.1) is 0 Å². The molecule has 2 atom stereocenters. The summed E-state index contributed by atoms with van der Waals surface area (Å²) in [6.07, 6.45) is -0.764. The Kier molecular flexibility index (Phi) is 10.5. The summed E-state index contributed by atoms with van der Waals surface area (Å²) in [6.45, 7) is 14.2. The molecule has 0 aromatic heterocycles. The van der Waals surface area contributed by atoms with Crippen LogP contribution in [0.2, 0.25) is 18.1 Å². The highest BCUT2D eigenvalue weighted by Gasteiger charge is 2.41. The third-order valence-electron chi connectivity index (χ3n) is 5.87. The monoisotopic (exact) mass is 521 g/mol. The Hall–Kier alpha value is -1.11. The van der Waals surface area contributed by atoms with Gasteiger partial charge in [-0.2, -0.15) is 16.5 Å². The Balaban J connectivity index is 2.92. The zero-order valence-corrected chi connectivity index (χ0v) is 23.7. The molecule has 0 radical (unpaired) electrons. The molecule has 190 valence electrons. The van der Waals surface area contributed by atoms with Gasteiger partial charge in [0.05, 0.1) is 31.8 Å². The van der Waals surface area contributed by atoms with Gasteiger partial charge in [-0.3, -0.25) is 4.79 Å². The molecule has 11 heteroatoms. The molecule has 0 saturated heterocycles. The summed E-state index contributed by atoms with van der Waals surface area (Å²) < 4.78 is 43.4. The predicted molar refractivity (Wildman–Crippen MR) is 135 cm³/mol. The van der Waals surface area contributed by atoms with Gasteiger partial charge in [0, 0.05) is 10.5 Å². The van der Waals surface area contributed by atoms with E-state index in [1.165, 1.54) is 50.2 Å². The van der Waals surface area contributed by atoms with Crippen molar-refractivity contribution in [2.24, 2.45) is 0 Å². The Labute approximate surface area is 204 Å². The van der Waals surface area contributed by atoms with E-state index < -0.39 is 41.2 Å². The van der Waals surface area contributed by atoms with Crippen molar-refractivity contribution in [1.82, 2.24) is 4.72 Å². The number of hydrogen-bond acceptors (Lipinski definition) is 8. The summed E-state index contributed by atoms with van der Waals surface area (Å²) >= 11 is 1.28. The number of aliphatic hydroxyl groups excluding tert-OH is 1. The van der Waals surface area contributed by atoms with Gasteiger partial charge in [0.2, 0.25) is 10.0 Å². The second kappa shape index (κ2) is 11.5. The molecule has 0 aliphatic heterocycles. The van der Waals surface area contributed by atoms with Crippen LogP contribution in [-0.4, -0.2) is 71.3 Å². The van der Waals surface area contributed by atoms with E-state index in [1.54, 1.807) is 13.8 Å². The van der Waals surface area contributed by atoms with Gasteiger partial charge in [-0.15, -0.1) is 0 Å². The maximum Gasteiger partial charge on any atom is 0.325 e. The largest absolute Gasteiger partial charge is 0.497 e. The van der Waals surface area contributed by atoms with E-state index >= 15 is 0 Å². The average Bonchev–Trinajstić information content (AvgIpc) is 2.73. The van der Waals surface area contributed by atoms with E-state index in [4.69, 9.17) is 13.9 Å². The first-order valence-electron chi connectivity index (χ1n) is 10.7. The minimum Gasteiger partial charge on any atom is -0.497 e. The molecular formula is C22H39NO7S2Si. The minimum atomic E-state index is -4.01. The standard InChI is InChI=1S/C22H39NO7S2Si/c1-21(2,3)33(8,9)30-14-16(24)15-31-22(4,5)19(20(25)29-7)23-32(26,27)18-12-10-17(28-6)11-13-18/h10-13,16,19,23-24H,14-15H2,1-9H3/t16-,19-/m0/s1. The first-order valence-corrected chi connectivity index (χ1v) is 16.0. The van der Waals surface area contributed by atoms with Gasteiger partial charge in [0.1, 0.15) is 11.8 Å². The van der Waals surface area contributed by atoms with Gasteiger partial charge < -0.3 is 19.0 Å². The molecule has 8 nitrogen and oxygen atoms in total. The van der Waals surface area contributed by atoms with Crippen LogP contribution in [0.4, 0.5) is 0 Å². The Morgan fingerprint density at radius 1 is 1.12 bits per heavy atom. The fourth-order valence-electron chi connectivity index (χ4n) is 2.53. The summed E-state index contributed by atoms with van der Waals surface area (Å²) in [4.78, 5) is 12.5. The summed E-state index contributed by atoms with van der Waals surface area (Å²) in [5.41, 5.74) is 0. The zero-order chi connectivity index (χ0) is 25.7. The number of carbonyl (C=O) groups is 1. The number of methoxy groups -OCH3 is 2. The molecule has 0 amide bonds. The molecule has 1 aromatic rings. The number of benzene rings is 1. The lowest BCUT2D eigenvalue weighted by molar-refractivity contribution is -0.143. The lowest BCUT2D eigenvalue weighted by Crippen LogP contribution is -2.53. The number of thioether (sulfide) groups is 1. The van der Waals surface area contributed by atoms with Gasteiger partial charge in [-0.25, -0.2) is 8.42 Å². The van der Waals surface area contributed by atoms with Crippen LogP contribution in [0.25, 0.3) is 0 Å². The number of ether oxygens (including phenoxy) is 2.